The van der Waals surface area contributed by atoms with Crippen molar-refractivity contribution in [3.05, 3.63) is 34.3 Å². The molecule has 0 amide bonds. The molecule has 0 aliphatic rings. The van der Waals surface area contributed by atoms with Crippen LogP contribution in [0, 0.1) is 5.92 Å². The van der Waals surface area contributed by atoms with Crippen molar-refractivity contribution < 1.29 is 4.74 Å². The Morgan fingerprint density at radius 1 is 1.33 bits per heavy atom. The summed E-state index contributed by atoms with van der Waals surface area (Å²) in [5.74, 6) is 0.456. The Morgan fingerprint density at radius 2 is 2.00 bits per heavy atom. The standard InChI is InChI=1S/C12H18BrNO/c1-9(2)12(7-14)15-8-10-5-3-4-6-11(10)13/h3-6,9,12H,7-8,14H2,1-2H3. The average Bonchev–Trinajstić information content (AvgIpc) is 2.21. The zero-order valence-corrected chi connectivity index (χ0v) is 10.8. The van der Waals surface area contributed by atoms with E-state index in [1.807, 2.05) is 18.2 Å². The highest BCUT2D eigenvalue weighted by Crippen LogP contribution is 2.18. The van der Waals surface area contributed by atoms with Crippen LogP contribution in [0.1, 0.15) is 19.4 Å². The first kappa shape index (κ1) is 12.7. The minimum Gasteiger partial charge on any atom is -0.372 e. The van der Waals surface area contributed by atoms with Crippen LogP contribution in [0.5, 0.6) is 0 Å². The maximum atomic E-state index is 5.76. The van der Waals surface area contributed by atoms with E-state index >= 15 is 0 Å². The molecule has 0 bridgehead atoms. The summed E-state index contributed by atoms with van der Waals surface area (Å²) < 4.78 is 6.85. The van der Waals surface area contributed by atoms with E-state index in [1.165, 1.54) is 0 Å². The largest absolute Gasteiger partial charge is 0.372 e. The number of halogens is 1. The molecule has 0 heterocycles. The van der Waals surface area contributed by atoms with Gasteiger partial charge in [0.2, 0.25) is 0 Å². The molecular formula is C12H18BrNO. The quantitative estimate of drug-likeness (QED) is 0.894. The molecule has 0 aromatic heterocycles. The molecule has 0 aliphatic carbocycles. The molecule has 2 N–H and O–H groups in total. The molecule has 3 heteroatoms. The van der Waals surface area contributed by atoms with Crippen LogP contribution in [-0.4, -0.2) is 12.6 Å². The van der Waals surface area contributed by atoms with Crippen LogP contribution >= 0.6 is 15.9 Å². The van der Waals surface area contributed by atoms with Gasteiger partial charge in [-0.25, -0.2) is 0 Å². The number of nitrogens with two attached hydrogens (primary N) is 1. The van der Waals surface area contributed by atoms with Gasteiger partial charge in [-0.1, -0.05) is 48.0 Å². The number of benzene rings is 1. The van der Waals surface area contributed by atoms with Gasteiger partial charge >= 0.3 is 0 Å². The molecular weight excluding hydrogens is 254 g/mol. The Kier molecular flexibility index (Phi) is 5.29. The Balaban J connectivity index is 2.53. The van der Waals surface area contributed by atoms with E-state index < -0.39 is 0 Å². The van der Waals surface area contributed by atoms with Crippen LogP contribution in [0.2, 0.25) is 0 Å². The molecule has 15 heavy (non-hydrogen) atoms. The van der Waals surface area contributed by atoms with Crippen LogP contribution in [0.4, 0.5) is 0 Å². The molecule has 1 aromatic carbocycles. The lowest BCUT2D eigenvalue weighted by Gasteiger charge is -2.19. The first-order chi connectivity index (χ1) is 7.15. The lowest BCUT2D eigenvalue weighted by Crippen LogP contribution is -2.28. The number of hydrogen-bond donors (Lipinski definition) is 1. The summed E-state index contributed by atoms with van der Waals surface area (Å²) in [6, 6.07) is 8.08. The summed E-state index contributed by atoms with van der Waals surface area (Å²) in [7, 11) is 0. The van der Waals surface area contributed by atoms with Crippen molar-refractivity contribution in [2.45, 2.75) is 26.6 Å². The molecule has 84 valence electrons. The Labute approximate surface area is 99.9 Å². The van der Waals surface area contributed by atoms with Gasteiger partial charge in [0.15, 0.2) is 0 Å². The third-order valence-corrected chi connectivity index (χ3v) is 3.16. The smallest absolute Gasteiger partial charge is 0.0732 e. The number of hydrogen-bond acceptors (Lipinski definition) is 2. The molecule has 0 saturated carbocycles. The first-order valence-corrected chi connectivity index (χ1v) is 5.99. The van der Waals surface area contributed by atoms with E-state index in [-0.39, 0.29) is 6.10 Å². The highest BCUT2D eigenvalue weighted by Gasteiger charge is 2.12. The molecule has 0 spiro atoms. The second kappa shape index (κ2) is 6.26. The molecule has 0 saturated heterocycles. The molecule has 0 radical (unpaired) electrons. The zero-order valence-electron chi connectivity index (χ0n) is 9.24. The SMILES string of the molecule is CC(C)C(CN)OCc1ccccc1Br. The van der Waals surface area contributed by atoms with E-state index in [2.05, 4.69) is 35.8 Å². The lowest BCUT2D eigenvalue weighted by molar-refractivity contribution is 0.0166. The fourth-order valence-electron chi connectivity index (χ4n) is 1.34. The van der Waals surface area contributed by atoms with Gasteiger partial charge in [-0.15, -0.1) is 0 Å². The fraction of sp³-hybridized carbons (Fsp3) is 0.500. The maximum Gasteiger partial charge on any atom is 0.0732 e. The molecule has 0 fully saturated rings. The summed E-state index contributed by atoms with van der Waals surface area (Å²) in [4.78, 5) is 0. The highest BCUT2D eigenvalue weighted by atomic mass is 79.9. The van der Waals surface area contributed by atoms with E-state index in [0.29, 0.717) is 19.1 Å². The van der Waals surface area contributed by atoms with Crippen molar-refractivity contribution in [3.8, 4) is 0 Å². The lowest BCUT2D eigenvalue weighted by atomic mass is 10.1. The van der Waals surface area contributed by atoms with Gasteiger partial charge < -0.3 is 10.5 Å². The van der Waals surface area contributed by atoms with Gasteiger partial charge in [0.05, 0.1) is 12.7 Å². The third-order valence-electron chi connectivity index (χ3n) is 2.39. The summed E-state index contributed by atoms with van der Waals surface area (Å²) >= 11 is 3.49. The molecule has 0 aliphatic heterocycles. The van der Waals surface area contributed by atoms with Gasteiger partial charge in [-0.2, -0.15) is 0 Å². The van der Waals surface area contributed by atoms with Crippen molar-refractivity contribution >= 4 is 15.9 Å². The number of rotatable bonds is 5. The second-order valence-electron chi connectivity index (χ2n) is 3.92. The Morgan fingerprint density at radius 3 is 2.53 bits per heavy atom. The van der Waals surface area contributed by atoms with Crippen molar-refractivity contribution in [2.24, 2.45) is 11.7 Å². The minimum absolute atomic E-state index is 0.136. The summed E-state index contributed by atoms with van der Waals surface area (Å²) in [5, 5.41) is 0. The van der Waals surface area contributed by atoms with Crippen molar-refractivity contribution in [3.63, 3.8) is 0 Å². The predicted octanol–water partition coefficient (Wildman–Crippen LogP) is 2.95. The van der Waals surface area contributed by atoms with E-state index in [1.54, 1.807) is 0 Å². The molecule has 1 rings (SSSR count). The zero-order chi connectivity index (χ0) is 11.3. The average molecular weight is 272 g/mol. The van der Waals surface area contributed by atoms with Crippen LogP contribution in [0.3, 0.4) is 0 Å². The van der Waals surface area contributed by atoms with Gasteiger partial charge in [-0.05, 0) is 17.5 Å². The Hall–Kier alpha value is -0.380. The van der Waals surface area contributed by atoms with Crippen LogP contribution in [0.15, 0.2) is 28.7 Å². The normalized spacial score (nSPS) is 13.1. The fourth-order valence-corrected chi connectivity index (χ4v) is 1.74. The van der Waals surface area contributed by atoms with E-state index in [0.717, 1.165) is 10.0 Å². The van der Waals surface area contributed by atoms with Crippen LogP contribution < -0.4 is 5.73 Å². The second-order valence-corrected chi connectivity index (χ2v) is 4.77. The maximum absolute atomic E-state index is 5.76. The van der Waals surface area contributed by atoms with Crippen molar-refractivity contribution in [1.29, 1.82) is 0 Å². The molecule has 1 unspecified atom stereocenters. The summed E-state index contributed by atoms with van der Waals surface area (Å²) in [6.07, 6.45) is 0.136. The van der Waals surface area contributed by atoms with Crippen LogP contribution in [-0.2, 0) is 11.3 Å². The van der Waals surface area contributed by atoms with E-state index in [9.17, 15) is 0 Å². The topological polar surface area (TPSA) is 35.2 Å². The van der Waals surface area contributed by atoms with Gasteiger partial charge in [0.1, 0.15) is 0 Å². The third kappa shape index (κ3) is 3.93. The summed E-state index contributed by atoms with van der Waals surface area (Å²) in [6.45, 7) is 5.43. The molecule has 2 nitrogen and oxygen atoms in total. The van der Waals surface area contributed by atoms with Crippen molar-refractivity contribution in [1.82, 2.24) is 0 Å². The van der Waals surface area contributed by atoms with Crippen LogP contribution in [0.25, 0.3) is 0 Å². The Bertz CT molecular complexity index is 301. The van der Waals surface area contributed by atoms with Gasteiger partial charge in [0, 0.05) is 11.0 Å². The predicted molar refractivity (Wildman–Crippen MR) is 66.6 cm³/mol. The summed E-state index contributed by atoms with van der Waals surface area (Å²) in [5.41, 5.74) is 6.80. The first-order valence-electron chi connectivity index (χ1n) is 5.20. The van der Waals surface area contributed by atoms with E-state index in [4.69, 9.17) is 10.5 Å². The van der Waals surface area contributed by atoms with Gasteiger partial charge in [0.25, 0.3) is 0 Å². The molecule has 1 aromatic rings. The highest BCUT2D eigenvalue weighted by molar-refractivity contribution is 9.10. The minimum atomic E-state index is 0.136. The van der Waals surface area contributed by atoms with Crippen molar-refractivity contribution in [2.75, 3.05) is 6.54 Å². The van der Waals surface area contributed by atoms with Gasteiger partial charge in [-0.3, -0.25) is 0 Å². The monoisotopic (exact) mass is 271 g/mol. The number of ether oxygens (including phenoxy) is 1. The molecule has 1 atom stereocenters.